The van der Waals surface area contributed by atoms with Crippen molar-refractivity contribution in [1.29, 1.82) is 0 Å². The van der Waals surface area contributed by atoms with Gasteiger partial charge in [0.05, 0.1) is 13.3 Å². The number of thiocarbonyl (C=S) groups is 1. The van der Waals surface area contributed by atoms with Gasteiger partial charge in [0.1, 0.15) is 6.61 Å². The maximum Gasteiger partial charge on any atom is 0.186 e. The number of benzene rings is 2. The molecule has 2 N–H and O–H groups in total. The van der Waals surface area contributed by atoms with Gasteiger partial charge in [0.25, 0.3) is 0 Å². The van der Waals surface area contributed by atoms with E-state index in [2.05, 4.69) is 50.6 Å². The summed E-state index contributed by atoms with van der Waals surface area (Å²) in [5, 5.41) is 7.54. The molecule has 0 heterocycles. The van der Waals surface area contributed by atoms with E-state index < -0.39 is 0 Å². The van der Waals surface area contributed by atoms with Gasteiger partial charge in [-0.25, -0.2) is 0 Å². The number of halogens is 1. The third-order valence-electron chi connectivity index (χ3n) is 3.21. The average molecular weight is 469 g/mol. The number of nitrogens with one attached hydrogen (secondary N) is 2. The molecule has 0 spiro atoms. The number of nitrogens with zero attached hydrogens (tertiary/aromatic N) is 1. The summed E-state index contributed by atoms with van der Waals surface area (Å²) < 4.78 is 12.5. The van der Waals surface area contributed by atoms with Crippen LogP contribution in [0.5, 0.6) is 11.5 Å². The van der Waals surface area contributed by atoms with E-state index in [1.807, 2.05) is 37.3 Å². The number of methoxy groups -OCH3 is 1. The first-order chi connectivity index (χ1) is 12.1. The molecule has 0 saturated heterocycles. The number of hydrogen-bond acceptors (Lipinski definition) is 4. The van der Waals surface area contributed by atoms with E-state index in [-0.39, 0.29) is 0 Å². The van der Waals surface area contributed by atoms with Crippen LogP contribution in [-0.4, -0.2) is 25.0 Å². The van der Waals surface area contributed by atoms with Crippen molar-refractivity contribution < 1.29 is 9.47 Å². The normalized spacial score (nSPS) is 10.5. The zero-order chi connectivity index (χ0) is 18.1. The van der Waals surface area contributed by atoms with Crippen LogP contribution >= 0.6 is 34.8 Å². The maximum absolute atomic E-state index is 5.87. The van der Waals surface area contributed by atoms with E-state index >= 15 is 0 Å². The second kappa shape index (κ2) is 10.2. The van der Waals surface area contributed by atoms with Crippen molar-refractivity contribution in [3.8, 4) is 11.5 Å². The predicted octanol–water partition coefficient (Wildman–Crippen LogP) is 3.70. The number of ether oxygens (including phenoxy) is 2. The SMILES string of the molecule is CCNC(=S)NN=Cc1ccc(OCc2ccc(I)cc2)c(OC)c1. The summed E-state index contributed by atoms with van der Waals surface area (Å²) in [6.45, 7) is 3.21. The van der Waals surface area contributed by atoms with Gasteiger partial charge < -0.3 is 14.8 Å². The highest BCUT2D eigenvalue weighted by Crippen LogP contribution is 2.28. The van der Waals surface area contributed by atoms with E-state index in [1.54, 1.807) is 13.3 Å². The summed E-state index contributed by atoms with van der Waals surface area (Å²) in [5.41, 5.74) is 4.74. The van der Waals surface area contributed by atoms with Gasteiger partial charge in [0, 0.05) is 10.1 Å². The summed E-state index contributed by atoms with van der Waals surface area (Å²) in [5.74, 6) is 1.35. The molecule has 2 aromatic carbocycles. The highest BCUT2D eigenvalue weighted by molar-refractivity contribution is 14.1. The minimum Gasteiger partial charge on any atom is -0.493 e. The van der Waals surface area contributed by atoms with Gasteiger partial charge in [-0.2, -0.15) is 5.10 Å². The lowest BCUT2D eigenvalue weighted by molar-refractivity contribution is 0.284. The minimum atomic E-state index is 0.485. The lowest BCUT2D eigenvalue weighted by atomic mass is 10.2. The van der Waals surface area contributed by atoms with Crippen molar-refractivity contribution >= 4 is 46.1 Å². The van der Waals surface area contributed by atoms with Crippen molar-refractivity contribution in [2.24, 2.45) is 5.10 Å². The second-order valence-electron chi connectivity index (χ2n) is 5.05. The molecule has 0 aliphatic rings. The van der Waals surface area contributed by atoms with E-state index in [0.29, 0.717) is 23.2 Å². The standard InChI is InChI=1S/C18H20IN3O2S/c1-3-20-18(25)22-21-11-14-6-9-16(17(10-14)23-2)24-12-13-4-7-15(19)8-5-13/h4-11H,3,12H2,1-2H3,(H2,20,22,25). The fourth-order valence-corrected chi connectivity index (χ4v) is 2.55. The summed E-state index contributed by atoms with van der Waals surface area (Å²) >= 11 is 7.33. The first-order valence-electron chi connectivity index (χ1n) is 7.74. The van der Waals surface area contributed by atoms with Crippen LogP contribution in [0.25, 0.3) is 0 Å². The molecule has 0 aliphatic carbocycles. The van der Waals surface area contributed by atoms with Crippen LogP contribution in [0.3, 0.4) is 0 Å². The molecule has 5 nitrogen and oxygen atoms in total. The van der Waals surface area contributed by atoms with Crippen LogP contribution in [0, 0.1) is 3.57 Å². The van der Waals surface area contributed by atoms with E-state index in [0.717, 1.165) is 17.7 Å². The topological polar surface area (TPSA) is 54.9 Å². The molecule has 0 fully saturated rings. The van der Waals surface area contributed by atoms with Crippen molar-refractivity contribution in [3.05, 3.63) is 57.2 Å². The molecule has 0 aliphatic heterocycles. The Bertz CT molecular complexity index is 736. The van der Waals surface area contributed by atoms with Crippen LogP contribution in [0.2, 0.25) is 0 Å². The first kappa shape index (κ1) is 19.5. The van der Waals surface area contributed by atoms with Gasteiger partial charge in [-0.15, -0.1) is 0 Å². The second-order valence-corrected chi connectivity index (χ2v) is 6.71. The van der Waals surface area contributed by atoms with Gasteiger partial charge in [-0.1, -0.05) is 12.1 Å². The van der Waals surface area contributed by atoms with Crippen LogP contribution < -0.4 is 20.2 Å². The van der Waals surface area contributed by atoms with Gasteiger partial charge in [-0.3, -0.25) is 5.43 Å². The Balaban J connectivity index is 1.99. The van der Waals surface area contributed by atoms with Crippen LogP contribution in [0.1, 0.15) is 18.1 Å². The Morgan fingerprint density at radius 1 is 1.20 bits per heavy atom. The molecule has 0 aromatic heterocycles. The number of rotatable bonds is 7. The summed E-state index contributed by atoms with van der Waals surface area (Å²) in [6.07, 6.45) is 1.68. The van der Waals surface area contributed by atoms with Crippen LogP contribution in [0.15, 0.2) is 47.6 Å². The zero-order valence-corrected chi connectivity index (χ0v) is 17.1. The summed E-state index contributed by atoms with van der Waals surface area (Å²) in [4.78, 5) is 0. The molecule has 132 valence electrons. The molecule has 0 saturated carbocycles. The van der Waals surface area contributed by atoms with E-state index in [4.69, 9.17) is 21.7 Å². The average Bonchev–Trinajstić information content (AvgIpc) is 2.62. The van der Waals surface area contributed by atoms with Crippen molar-refractivity contribution in [1.82, 2.24) is 10.7 Å². The molecule has 0 radical (unpaired) electrons. The lowest BCUT2D eigenvalue weighted by Crippen LogP contribution is -2.31. The Hall–Kier alpha value is -1.87. The number of hydrogen-bond donors (Lipinski definition) is 2. The Kier molecular flexibility index (Phi) is 7.93. The Morgan fingerprint density at radius 2 is 1.96 bits per heavy atom. The van der Waals surface area contributed by atoms with Crippen LogP contribution in [-0.2, 0) is 6.61 Å². The van der Waals surface area contributed by atoms with E-state index in [1.165, 1.54) is 3.57 Å². The molecule has 25 heavy (non-hydrogen) atoms. The van der Waals surface area contributed by atoms with Crippen LogP contribution in [0.4, 0.5) is 0 Å². The molecule has 2 aromatic rings. The molecule has 2 rings (SSSR count). The molecule has 0 unspecified atom stereocenters. The van der Waals surface area contributed by atoms with Crippen molar-refractivity contribution in [2.45, 2.75) is 13.5 Å². The van der Waals surface area contributed by atoms with E-state index in [9.17, 15) is 0 Å². The summed E-state index contributed by atoms with van der Waals surface area (Å²) in [7, 11) is 1.62. The monoisotopic (exact) mass is 469 g/mol. The number of hydrazone groups is 1. The van der Waals surface area contributed by atoms with Gasteiger partial charge in [-0.05, 0) is 83.2 Å². The smallest absolute Gasteiger partial charge is 0.186 e. The zero-order valence-electron chi connectivity index (χ0n) is 14.1. The highest BCUT2D eigenvalue weighted by Gasteiger charge is 2.06. The Labute approximate surface area is 166 Å². The fraction of sp³-hybridized carbons (Fsp3) is 0.222. The van der Waals surface area contributed by atoms with Crippen molar-refractivity contribution in [2.75, 3.05) is 13.7 Å². The quantitative estimate of drug-likeness (QED) is 0.281. The van der Waals surface area contributed by atoms with Crippen molar-refractivity contribution in [3.63, 3.8) is 0 Å². The minimum absolute atomic E-state index is 0.485. The molecular weight excluding hydrogens is 449 g/mol. The molecule has 7 heteroatoms. The third-order valence-corrected chi connectivity index (χ3v) is 4.17. The Morgan fingerprint density at radius 3 is 2.64 bits per heavy atom. The first-order valence-corrected chi connectivity index (χ1v) is 9.23. The largest absolute Gasteiger partial charge is 0.493 e. The fourth-order valence-electron chi connectivity index (χ4n) is 1.99. The highest BCUT2D eigenvalue weighted by atomic mass is 127. The third kappa shape index (κ3) is 6.50. The van der Waals surface area contributed by atoms with Gasteiger partial charge in [0.2, 0.25) is 0 Å². The maximum atomic E-state index is 5.87. The van der Waals surface area contributed by atoms with Gasteiger partial charge >= 0.3 is 0 Å². The molecular formula is C18H20IN3O2S. The summed E-state index contributed by atoms with van der Waals surface area (Å²) in [6, 6.07) is 13.9. The predicted molar refractivity (Wildman–Crippen MR) is 113 cm³/mol. The van der Waals surface area contributed by atoms with Gasteiger partial charge in [0.15, 0.2) is 16.6 Å². The molecule has 0 bridgehead atoms. The molecule has 0 amide bonds. The lowest BCUT2D eigenvalue weighted by Gasteiger charge is -2.11. The molecule has 0 atom stereocenters.